The Balaban J connectivity index is 1.59. The van der Waals surface area contributed by atoms with Gasteiger partial charge in [0.05, 0.1) is 11.8 Å². The molecule has 5 heteroatoms. The Morgan fingerprint density at radius 2 is 1.64 bits per heavy atom. The molecule has 2 aliphatic rings. The molecule has 0 aliphatic carbocycles. The summed E-state index contributed by atoms with van der Waals surface area (Å²) in [6.07, 6.45) is 0.518. The van der Waals surface area contributed by atoms with Crippen molar-refractivity contribution in [3.8, 4) is 5.75 Å². The summed E-state index contributed by atoms with van der Waals surface area (Å²) in [5.74, 6) is 0.865. The fraction of sp³-hybridized carbons (Fsp3) is 0.174. The number of rotatable bonds is 2. The smallest absolute Gasteiger partial charge is 0.213 e. The summed E-state index contributed by atoms with van der Waals surface area (Å²) in [6.45, 7) is 2.08. The van der Waals surface area contributed by atoms with Crippen molar-refractivity contribution in [2.24, 2.45) is 5.10 Å². The predicted octanol–water partition coefficient (Wildman–Crippen LogP) is 6.54. The van der Waals surface area contributed by atoms with E-state index in [9.17, 15) is 0 Å². The van der Waals surface area contributed by atoms with Gasteiger partial charge < -0.3 is 4.74 Å². The molecule has 0 saturated carbocycles. The average Bonchev–Trinajstić information content (AvgIpc) is 3.14. The van der Waals surface area contributed by atoms with Crippen LogP contribution in [-0.4, -0.2) is 10.7 Å². The molecule has 2 atom stereocenters. The maximum Gasteiger partial charge on any atom is 0.213 e. The Kier molecular flexibility index (Phi) is 4.30. The van der Waals surface area contributed by atoms with Crippen molar-refractivity contribution in [1.82, 2.24) is 5.01 Å². The van der Waals surface area contributed by atoms with Crippen molar-refractivity contribution >= 4 is 28.9 Å². The van der Waals surface area contributed by atoms with E-state index in [2.05, 4.69) is 36.2 Å². The van der Waals surface area contributed by atoms with Crippen LogP contribution in [0.5, 0.6) is 5.75 Å². The number of benzene rings is 3. The van der Waals surface area contributed by atoms with Gasteiger partial charge in [0.2, 0.25) is 6.23 Å². The average molecular weight is 409 g/mol. The minimum absolute atomic E-state index is 0.0828. The van der Waals surface area contributed by atoms with E-state index in [4.69, 9.17) is 33.0 Å². The molecule has 28 heavy (non-hydrogen) atoms. The molecule has 0 aromatic heterocycles. The zero-order valence-electron chi connectivity index (χ0n) is 15.3. The maximum atomic E-state index is 6.37. The summed E-state index contributed by atoms with van der Waals surface area (Å²) in [4.78, 5) is 0. The second-order valence-corrected chi connectivity index (χ2v) is 8.09. The molecular weight excluding hydrogens is 391 g/mol. The van der Waals surface area contributed by atoms with E-state index in [1.807, 2.05) is 42.5 Å². The van der Waals surface area contributed by atoms with E-state index in [0.717, 1.165) is 39.6 Å². The molecule has 2 aliphatic heterocycles. The van der Waals surface area contributed by atoms with Crippen LogP contribution in [0.1, 0.15) is 40.9 Å². The lowest BCUT2D eigenvalue weighted by molar-refractivity contribution is -0.0190. The molecule has 0 unspecified atom stereocenters. The Morgan fingerprint density at radius 3 is 2.39 bits per heavy atom. The van der Waals surface area contributed by atoms with Crippen molar-refractivity contribution < 1.29 is 4.74 Å². The van der Waals surface area contributed by atoms with E-state index >= 15 is 0 Å². The van der Waals surface area contributed by atoms with Crippen molar-refractivity contribution in [3.63, 3.8) is 0 Å². The van der Waals surface area contributed by atoms with Crippen molar-refractivity contribution in [2.75, 3.05) is 0 Å². The monoisotopic (exact) mass is 408 g/mol. The highest BCUT2D eigenvalue weighted by Gasteiger charge is 2.41. The second-order valence-electron chi connectivity index (χ2n) is 7.22. The number of fused-ring (bicyclic) bond motifs is 3. The molecular formula is C23H18Cl2N2O. The highest BCUT2D eigenvalue weighted by Crippen LogP contribution is 2.48. The van der Waals surface area contributed by atoms with Gasteiger partial charge in [-0.3, -0.25) is 0 Å². The van der Waals surface area contributed by atoms with E-state index in [-0.39, 0.29) is 12.3 Å². The van der Waals surface area contributed by atoms with Crippen LogP contribution in [0.15, 0.2) is 71.8 Å². The zero-order valence-corrected chi connectivity index (χ0v) is 16.8. The Morgan fingerprint density at radius 1 is 0.929 bits per heavy atom. The minimum Gasteiger partial charge on any atom is -0.464 e. The number of halogens is 2. The van der Waals surface area contributed by atoms with E-state index in [1.54, 1.807) is 0 Å². The van der Waals surface area contributed by atoms with Gasteiger partial charge in [-0.15, -0.1) is 0 Å². The van der Waals surface area contributed by atoms with Crippen LogP contribution >= 0.6 is 23.2 Å². The first-order chi connectivity index (χ1) is 13.6. The molecule has 3 aromatic carbocycles. The number of hydrogen-bond donors (Lipinski definition) is 0. The van der Waals surface area contributed by atoms with Gasteiger partial charge >= 0.3 is 0 Å². The molecule has 140 valence electrons. The first-order valence-corrected chi connectivity index (χ1v) is 9.98. The molecule has 5 rings (SSSR count). The molecule has 0 radical (unpaired) electrons. The SMILES string of the molecule is Cc1ccc([C@@H]2Oc3ccc(Cl)cc3[C@@H]3CC(c4ccc(Cl)cc4)=NN32)cc1. The van der Waals surface area contributed by atoms with Gasteiger partial charge in [-0.25, -0.2) is 5.01 Å². The van der Waals surface area contributed by atoms with Gasteiger partial charge in [0, 0.05) is 27.6 Å². The third-order valence-electron chi connectivity index (χ3n) is 5.29. The van der Waals surface area contributed by atoms with Crippen LogP contribution in [-0.2, 0) is 0 Å². The van der Waals surface area contributed by atoms with Crippen LogP contribution in [0.4, 0.5) is 0 Å². The van der Waals surface area contributed by atoms with Crippen LogP contribution in [0, 0.1) is 6.92 Å². The predicted molar refractivity (Wildman–Crippen MR) is 113 cm³/mol. The lowest BCUT2D eigenvalue weighted by Gasteiger charge is -2.38. The van der Waals surface area contributed by atoms with Gasteiger partial charge in [-0.05, 0) is 42.8 Å². The van der Waals surface area contributed by atoms with Crippen molar-refractivity contribution in [2.45, 2.75) is 25.6 Å². The molecule has 0 bridgehead atoms. The van der Waals surface area contributed by atoms with E-state index < -0.39 is 0 Å². The zero-order chi connectivity index (χ0) is 19.3. The standard InChI is InChI=1S/C23H18Cl2N2O/c1-14-2-4-16(5-3-14)23-27-21(19-12-18(25)10-11-22(19)28-23)13-20(26-27)15-6-8-17(24)9-7-15/h2-12,21,23H,13H2,1H3/t21-,23-/m0/s1. The van der Waals surface area contributed by atoms with Gasteiger partial charge in [0.1, 0.15) is 5.75 Å². The summed E-state index contributed by atoms with van der Waals surface area (Å²) in [5.41, 5.74) is 5.47. The fourth-order valence-electron chi connectivity index (χ4n) is 3.83. The summed E-state index contributed by atoms with van der Waals surface area (Å²) >= 11 is 12.3. The molecule has 0 amide bonds. The minimum atomic E-state index is -0.274. The second kappa shape index (κ2) is 6.84. The highest BCUT2D eigenvalue weighted by molar-refractivity contribution is 6.31. The molecule has 0 saturated heterocycles. The van der Waals surface area contributed by atoms with E-state index in [0.29, 0.717) is 5.02 Å². The largest absolute Gasteiger partial charge is 0.464 e. The van der Waals surface area contributed by atoms with Crippen LogP contribution in [0.25, 0.3) is 0 Å². The van der Waals surface area contributed by atoms with Gasteiger partial charge in [-0.2, -0.15) is 5.10 Å². The van der Waals surface area contributed by atoms with Gasteiger partial charge in [0.15, 0.2) is 0 Å². The number of aryl methyl sites for hydroxylation is 1. The molecule has 0 fully saturated rings. The van der Waals surface area contributed by atoms with Crippen LogP contribution in [0.2, 0.25) is 10.0 Å². The number of nitrogens with zero attached hydrogens (tertiary/aromatic N) is 2. The third kappa shape index (κ3) is 3.05. The number of hydrogen-bond acceptors (Lipinski definition) is 3. The number of ether oxygens (including phenoxy) is 1. The summed E-state index contributed by atoms with van der Waals surface area (Å²) in [7, 11) is 0. The van der Waals surface area contributed by atoms with Gasteiger partial charge in [-0.1, -0.05) is 65.2 Å². The molecule has 2 heterocycles. The van der Waals surface area contributed by atoms with Crippen LogP contribution < -0.4 is 4.74 Å². The fourth-order valence-corrected chi connectivity index (χ4v) is 4.13. The van der Waals surface area contributed by atoms with Gasteiger partial charge in [0.25, 0.3) is 0 Å². The Hall–Kier alpha value is -2.49. The quantitative estimate of drug-likeness (QED) is 0.480. The summed E-state index contributed by atoms with van der Waals surface area (Å²) < 4.78 is 6.37. The van der Waals surface area contributed by atoms with Crippen LogP contribution in [0.3, 0.4) is 0 Å². The Bertz CT molecular complexity index is 1060. The highest BCUT2D eigenvalue weighted by atomic mass is 35.5. The Labute approximate surface area is 174 Å². The van der Waals surface area contributed by atoms with E-state index in [1.165, 1.54) is 5.56 Å². The maximum absolute atomic E-state index is 6.37. The summed E-state index contributed by atoms with van der Waals surface area (Å²) in [6, 6.07) is 22.1. The first kappa shape index (κ1) is 17.6. The third-order valence-corrected chi connectivity index (χ3v) is 5.78. The normalized spacial score (nSPS) is 20.2. The number of hydrazone groups is 1. The molecule has 3 nitrogen and oxygen atoms in total. The topological polar surface area (TPSA) is 24.8 Å². The lowest BCUT2D eigenvalue weighted by atomic mass is 9.96. The molecule has 0 spiro atoms. The first-order valence-electron chi connectivity index (χ1n) is 9.23. The van der Waals surface area contributed by atoms with Crippen molar-refractivity contribution in [1.29, 1.82) is 0 Å². The molecule has 3 aromatic rings. The lowest BCUT2D eigenvalue weighted by Crippen LogP contribution is -2.33. The summed E-state index contributed by atoms with van der Waals surface area (Å²) in [5, 5.41) is 8.45. The van der Waals surface area contributed by atoms with Crippen molar-refractivity contribution in [3.05, 3.63) is 99.0 Å². The molecule has 0 N–H and O–H groups in total.